The number of ether oxygens (including phenoxy) is 1. The minimum absolute atomic E-state index is 0.222. The van der Waals surface area contributed by atoms with E-state index >= 15 is 0 Å². The van der Waals surface area contributed by atoms with Gasteiger partial charge >= 0.3 is 0 Å². The van der Waals surface area contributed by atoms with E-state index in [0.717, 1.165) is 32.1 Å². The molecule has 0 fully saturated rings. The summed E-state index contributed by atoms with van der Waals surface area (Å²) in [4.78, 5) is 31.7. The number of carbonyl (C=O) groups is 1. The van der Waals surface area contributed by atoms with Crippen molar-refractivity contribution >= 4 is 13.6 Å². The van der Waals surface area contributed by atoms with E-state index in [1.165, 1.54) is 44.9 Å². The fraction of sp³-hybridized carbons (Fsp3) is 0.762. The van der Waals surface area contributed by atoms with Crippen LogP contribution in [0.15, 0.2) is 24.3 Å². The van der Waals surface area contributed by atoms with E-state index in [0.29, 0.717) is 6.61 Å². The molecular weight excluding hydrogens is 379 g/mol. The number of hydrogen-bond acceptors (Lipinski definition) is 6. The van der Waals surface area contributed by atoms with Crippen LogP contribution in [0, 0.1) is 0 Å². The minimum atomic E-state index is -5.08. The molecule has 0 aromatic heterocycles. The van der Waals surface area contributed by atoms with E-state index in [-0.39, 0.29) is 6.61 Å². The third-order valence-corrected chi connectivity index (χ3v) is 4.58. The summed E-state index contributed by atoms with van der Waals surface area (Å²) < 4.78 is 19.3. The number of unbranched alkanes of at least 4 members (excludes halogenated alkanes) is 9. The van der Waals surface area contributed by atoms with Crippen LogP contribution in [-0.2, 0) is 18.6 Å². The predicted molar refractivity (Wildman–Crippen MR) is 109 cm³/mol. The van der Waals surface area contributed by atoms with Gasteiger partial charge in [0.25, 0.3) is 0 Å². The largest absolute Gasteiger partial charge is 0.790 e. The number of allylic oxidation sites excluding steroid dienone is 4. The van der Waals surface area contributed by atoms with Crippen molar-refractivity contribution in [3.8, 4) is 0 Å². The van der Waals surface area contributed by atoms with Crippen LogP contribution in [0.4, 0.5) is 0 Å². The van der Waals surface area contributed by atoms with Crippen LogP contribution in [0.25, 0.3) is 0 Å². The second-order valence-electron chi connectivity index (χ2n) is 6.90. The number of hydrogen-bond donors (Lipinski definition) is 0. The summed E-state index contributed by atoms with van der Waals surface area (Å²) in [6.07, 6.45) is 23.0. The second-order valence-corrected chi connectivity index (χ2v) is 8.05. The highest BCUT2D eigenvalue weighted by molar-refractivity contribution is 7.43. The van der Waals surface area contributed by atoms with E-state index in [2.05, 4.69) is 35.8 Å². The molecule has 0 aliphatic rings. The molecule has 0 heterocycles. The molecule has 6 nitrogen and oxygen atoms in total. The molecule has 0 N–H and O–H groups in total. The van der Waals surface area contributed by atoms with Crippen molar-refractivity contribution in [3.05, 3.63) is 24.3 Å². The third kappa shape index (κ3) is 23.3. The molecule has 7 heteroatoms. The number of rotatable bonds is 20. The highest BCUT2D eigenvalue weighted by Crippen LogP contribution is 2.23. The normalized spacial score (nSPS) is 12.4. The van der Waals surface area contributed by atoms with Crippen LogP contribution in [0.3, 0.4) is 0 Å². The van der Waals surface area contributed by atoms with E-state index in [9.17, 15) is 19.1 Å². The quantitative estimate of drug-likeness (QED) is 0.167. The molecule has 0 rings (SSSR count). The lowest BCUT2D eigenvalue weighted by atomic mass is 10.1. The molecule has 0 unspecified atom stereocenters. The summed E-state index contributed by atoms with van der Waals surface area (Å²) in [5.74, 6) is -0.549. The van der Waals surface area contributed by atoms with E-state index < -0.39 is 20.2 Å². The number of carbonyl (C=O) groups excluding carboxylic acids is 1. The molecule has 0 atom stereocenters. The lowest BCUT2D eigenvalue weighted by Gasteiger charge is -2.27. The summed E-state index contributed by atoms with van der Waals surface area (Å²) >= 11 is 0. The molecule has 0 amide bonds. The van der Waals surface area contributed by atoms with E-state index in [1.54, 1.807) is 0 Å². The minimum Gasteiger partial charge on any atom is -0.790 e. The van der Waals surface area contributed by atoms with Crippen LogP contribution >= 0.6 is 7.82 Å². The molecule has 164 valence electrons. The molecule has 0 saturated heterocycles. The van der Waals surface area contributed by atoms with Gasteiger partial charge in [-0.2, -0.15) is 0 Å². The molecule has 0 spiro atoms. The van der Waals surface area contributed by atoms with Gasteiger partial charge in [0, 0.05) is 6.61 Å². The fourth-order valence-corrected chi connectivity index (χ4v) is 2.87. The first-order chi connectivity index (χ1) is 13.5. The Labute approximate surface area is 170 Å². The van der Waals surface area contributed by atoms with Crippen LogP contribution in [0.1, 0.15) is 84.0 Å². The van der Waals surface area contributed by atoms with Crippen LogP contribution < -0.4 is 9.79 Å². The van der Waals surface area contributed by atoms with E-state index in [1.807, 2.05) is 0 Å². The Morgan fingerprint density at radius 3 is 2.00 bits per heavy atom. The number of phosphoric acid groups is 1. The smallest absolute Gasteiger partial charge is 0.184 e. The summed E-state index contributed by atoms with van der Waals surface area (Å²) in [7, 11) is -5.08. The molecule has 0 aromatic carbocycles. The number of ketones is 1. The first-order valence-corrected chi connectivity index (χ1v) is 12.0. The highest BCUT2D eigenvalue weighted by atomic mass is 31.2. The van der Waals surface area contributed by atoms with Gasteiger partial charge in [-0.05, 0) is 38.5 Å². The fourth-order valence-electron chi connectivity index (χ4n) is 2.57. The Morgan fingerprint density at radius 2 is 1.39 bits per heavy atom. The van der Waals surface area contributed by atoms with Crippen molar-refractivity contribution in [2.24, 2.45) is 0 Å². The van der Waals surface area contributed by atoms with Crippen molar-refractivity contribution in [3.63, 3.8) is 0 Å². The van der Waals surface area contributed by atoms with Gasteiger partial charge in [0.1, 0.15) is 13.2 Å². The average Bonchev–Trinajstić information content (AvgIpc) is 2.65. The van der Waals surface area contributed by atoms with Crippen molar-refractivity contribution in [2.45, 2.75) is 84.0 Å². The Hall–Kier alpha value is -0.780. The molecule has 0 aliphatic carbocycles. The molecule has 28 heavy (non-hydrogen) atoms. The van der Waals surface area contributed by atoms with Gasteiger partial charge in [0.2, 0.25) is 0 Å². The molecular formula is C21H37O6P-2. The Kier molecular flexibility index (Phi) is 19.0. The molecule has 0 bridgehead atoms. The van der Waals surface area contributed by atoms with Gasteiger partial charge in [-0.25, -0.2) is 0 Å². The molecule has 0 aliphatic heterocycles. The topological polar surface area (TPSA) is 98.7 Å². The first-order valence-electron chi connectivity index (χ1n) is 10.5. The SMILES string of the molecule is CCCCC/C=C\C/C=C\CCCCCCCCOCC(=O)COP(=O)([O-])[O-]. The summed E-state index contributed by atoms with van der Waals surface area (Å²) in [6.45, 7) is 1.71. The lowest BCUT2D eigenvalue weighted by molar-refractivity contribution is -0.341. The second kappa shape index (κ2) is 19.5. The standard InChI is InChI=1S/C21H39O6P/c1-2-3-4-5-6-7-8-9-10-11-12-13-14-15-16-17-18-26-19-21(22)20-27-28(23,24)25/h6-7,9-10H,2-5,8,11-20H2,1H3,(H2,23,24,25)/p-2/b7-6-,10-9-. The van der Waals surface area contributed by atoms with Crippen molar-refractivity contribution in [1.29, 1.82) is 0 Å². The number of phosphoric ester groups is 1. The Morgan fingerprint density at radius 1 is 0.821 bits per heavy atom. The zero-order valence-corrected chi connectivity index (χ0v) is 18.2. The Balaban J connectivity index is 3.28. The maximum atomic E-state index is 11.2. The van der Waals surface area contributed by atoms with Crippen molar-refractivity contribution in [2.75, 3.05) is 19.8 Å². The maximum absolute atomic E-state index is 11.2. The lowest BCUT2D eigenvalue weighted by Crippen LogP contribution is -2.22. The van der Waals surface area contributed by atoms with Crippen LogP contribution in [0.2, 0.25) is 0 Å². The van der Waals surface area contributed by atoms with Gasteiger partial charge in [-0.1, -0.05) is 69.8 Å². The summed E-state index contributed by atoms with van der Waals surface area (Å²) in [5.41, 5.74) is 0. The van der Waals surface area contributed by atoms with Crippen molar-refractivity contribution in [1.82, 2.24) is 0 Å². The van der Waals surface area contributed by atoms with Gasteiger partial charge in [0.15, 0.2) is 5.78 Å². The van der Waals surface area contributed by atoms with Crippen LogP contribution in [-0.4, -0.2) is 25.6 Å². The zero-order chi connectivity index (χ0) is 20.9. The summed E-state index contributed by atoms with van der Waals surface area (Å²) in [6, 6.07) is 0. The molecule has 0 aromatic rings. The zero-order valence-electron chi connectivity index (χ0n) is 17.3. The van der Waals surface area contributed by atoms with E-state index in [4.69, 9.17) is 4.74 Å². The average molecular weight is 416 g/mol. The predicted octanol–water partition coefficient (Wildman–Crippen LogP) is 4.23. The highest BCUT2D eigenvalue weighted by Gasteiger charge is 2.03. The van der Waals surface area contributed by atoms with Gasteiger partial charge in [0.05, 0.1) is 7.82 Å². The van der Waals surface area contributed by atoms with Crippen LogP contribution in [0.5, 0.6) is 0 Å². The molecule has 0 radical (unpaired) electrons. The summed E-state index contributed by atoms with van der Waals surface area (Å²) in [5, 5.41) is 0. The number of Topliss-reactive ketones (excluding diaryl/α,β-unsaturated/α-hetero) is 1. The monoisotopic (exact) mass is 416 g/mol. The Bertz CT molecular complexity index is 470. The van der Waals surface area contributed by atoms with Gasteiger partial charge in [-0.15, -0.1) is 0 Å². The molecule has 0 saturated carbocycles. The third-order valence-electron chi connectivity index (χ3n) is 4.14. The van der Waals surface area contributed by atoms with Gasteiger partial charge in [-0.3, -0.25) is 4.79 Å². The van der Waals surface area contributed by atoms with Crippen molar-refractivity contribution < 1.29 is 28.4 Å². The van der Waals surface area contributed by atoms with Gasteiger partial charge < -0.3 is 23.6 Å². The first kappa shape index (κ1) is 27.2. The maximum Gasteiger partial charge on any atom is 0.184 e.